The molecule has 0 aromatic carbocycles. The zero-order valence-corrected chi connectivity index (χ0v) is 13.8. The Kier molecular flexibility index (Phi) is 6.84. The molecule has 1 aliphatic rings. The van der Waals surface area contributed by atoms with Crippen LogP contribution in [0.15, 0.2) is 23.5 Å². The highest BCUT2D eigenvalue weighted by Crippen LogP contribution is 2.17. The van der Waals surface area contributed by atoms with Crippen molar-refractivity contribution in [1.82, 2.24) is 10.3 Å². The van der Waals surface area contributed by atoms with Gasteiger partial charge in [-0.05, 0) is 37.3 Å². The molecule has 126 valence electrons. The van der Waals surface area contributed by atoms with Crippen LogP contribution in [0.2, 0.25) is 0 Å². The molecule has 1 aliphatic carbocycles. The number of anilines is 1. The Hall–Kier alpha value is -2.11. The van der Waals surface area contributed by atoms with Crippen molar-refractivity contribution in [3.05, 3.63) is 24.0 Å². The highest BCUT2D eigenvalue weighted by molar-refractivity contribution is 5.89. The summed E-state index contributed by atoms with van der Waals surface area (Å²) in [5, 5.41) is 6.12. The van der Waals surface area contributed by atoms with E-state index in [9.17, 15) is 4.79 Å². The Morgan fingerprint density at radius 1 is 1.39 bits per heavy atom. The quantitative estimate of drug-likeness (QED) is 0.426. The molecule has 1 amide bonds. The average molecular weight is 317 g/mol. The SMILES string of the molecule is CC(=O)Nc1cnccc1CCCN=C(N)NC1CCCCC1. The second kappa shape index (κ2) is 9.12. The minimum absolute atomic E-state index is 0.0850. The molecule has 23 heavy (non-hydrogen) atoms. The van der Waals surface area contributed by atoms with Crippen molar-refractivity contribution >= 4 is 17.6 Å². The lowest BCUT2D eigenvalue weighted by Gasteiger charge is -2.23. The van der Waals surface area contributed by atoms with Gasteiger partial charge in [0.15, 0.2) is 5.96 Å². The molecule has 1 aromatic rings. The van der Waals surface area contributed by atoms with Crippen LogP contribution >= 0.6 is 0 Å². The number of nitrogens with one attached hydrogen (secondary N) is 2. The van der Waals surface area contributed by atoms with Crippen molar-refractivity contribution in [2.24, 2.45) is 10.7 Å². The minimum atomic E-state index is -0.0850. The lowest BCUT2D eigenvalue weighted by Crippen LogP contribution is -2.41. The van der Waals surface area contributed by atoms with Gasteiger partial charge in [0.05, 0.1) is 11.9 Å². The molecule has 6 nitrogen and oxygen atoms in total. The maximum absolute atomic E-state index is 11.2. The van der Waals surface area contributed by atoms with Crippen LogP contribution in [-0.2, 0) is 11.2 Å². The number of nitrogens with zero attached hydrogens (tertiary/aromatic N) is 2. The molecule has 1 saturated carbocycles. The van der Waals surface area contributed by atoms with E-state index in [4.69, 9.17) is 5.73 Å². The first-order chi connectivity index (χ1) is 11.1. The number of carbonyl (C=O) groups is 1. The second-order valence-electron chi connectivity index (χ2n) is 6.06. The van der Waals surface area contributed by atoms with Crippen LogP contribution in [0, 0.1) is 0 Å². The standard InChI is InChI=1S/C17H27N5O/c1-13(23)21-16-12-19-11-9-14(16)6-5-10-20-17(18)22-15-7-3-2-4-8-15/h9,11-12,15H,2-8,10H2,1H3,(H,21,23)(H3,18,20,22). The lowest BCUT2D eigenvalue weighted by atomic mass is 9.96. The summed E-state index contributed by atoms with van der Waals surface area (Å²) in [6, 6.07) is 2.41. The van der Waals surface area contributed by atoms with E-state index >= 15 is 0 Å². The third-order valence-electron chi connectivity index (χ3n) is 4.07. The van der Waals surface area contributed by atoms with Gasteiger partial charge in [-0.1, -0.05) is 19.3 Å². The predicted molar refractivity (Wildman–Crippen MR) is 93.4 cm³/mol. The van der Waals surface area contributed by atoms with Crippen molar-refractivity contribution in [3.63, 3.8) is 0 Å². The first-order valence-corrected chi connectivity index (χ1v) is 8.42. The van der Waals surface area contributed by atoms with Crippen LogP contribution in [0.5, 0.6) is 0 Å². The Bertz CT molecular complexity index is 538. The summed E-state index contributed by atoms with van der Waals surface area (Å²) < 4.78 is 0. The number of rotatable bonds is 6. The van der Waals surface area contributed by atoms with Crippen LogP contribution in [0.3, 0.4) is 0 Å². The molecule has 0 spiro atoms. The fourth-order valence-corrected chi connectivity index (χ4v) is 2.91. The van der Waals surface area contributed by atoms with Crippen molar-refractivity contribution in [1.29, 1.82) is 0 Å². The molecule has 0 bridgehead atoms. The van der Waals surface area contributed by atoms with Crippen LogP contribution in [0.25, 0.3) is 0 Å². The summed E-state index contributed by atoms with van der Waals surface area (Å²) in [6.45, 7) is 2.17. The molecule has 0 radical (unpaired) electrons. The zero-order valence-electron chi connectivity index (χ0n) is 13.8. The highest BCUT2D eigenvalue weighted by Gasteiger charge is 2.13. The van der Waals surface area contributed by atoms with E-state index in [1.807, 2.05) is 6.07 Å². The van der Waals surface area contributed by atoms with Gasteiger partial charge in [0, 0.05) is 25.7 Å². The average Bonchev–Trinajstić information content (AvgIpc) is 2.53. The minimum Gasteiger partial charge on any atom is -0.370 e. The number of nitrogens with two attached hydrogens (primary N) is 1. The third-order valence-corrected chi connectivity index (χ3v) is 4.07. The fraction of sp³-hybridized carbons (Fsp3) is 0.588. The summed E-state index contributed by atoms with van der Waals surface area (Å²) in [7, 11) is 0. The van der Waals surface area contributed by atoms with E-state index in [0.717, 1.165) is 24.1 Å². The number of hydrogen-bond donors (Lipinski definition) is 3. The first kappa shape index (κ1) is 17.2. The van der Waals surface area contributed by atoms with Gasteiger partial charge in [0.1, 0.15) is 0 Å². The number of aromatic nitrogens is 1. The maximum Gasteiger partial charge on any atom is 0.221 e. The van der Waals surface area contributed by atoms with Gasteiger partial charge in [-0.2, -0.15) is 0 Å². The van der Waals surface area contributed by atoms with Crippen molar-refractivity contribution < 1.29 is 4.79 Å². The van der Waals surface area contributed by atoms with Crippen molar-refractivity contribution in [2.45, 2.75) is 57.9 Å². The van der Waals surface area contributed by atoms with E-state index in [-0.39, 0.29) is 5.91 Å². The largest absolute Gasteiger partial charge is 0.370 e. The molecule has 1 heterocycles. The molecule has 1 fully saturated rings. The number of amides is 1. The van der Waals surface area contributed by atoms with Crippen molar-refractivity contribution in [2.75, 3.05) is 11.9 Å². The van der Waals surface area contributed by atoms with Gasteiger partial charge in [-0.25, -0.2) is 0 Å². The molecule has 0 atom stereocenters. The van der Waals surface area contributed by atoms with E-state index in [1.165, 1.54) is 39.0 Å². The summed E-state index contributed by atoms with van der Waals surface area (Å²) in [4.78, 5) is 19.6. The molecular weight excluding hydrogens is 290 g/mol. The zero-order chi connectivity index (χ0) is 16.5. The Labute approximate surface area is 138 Å². The number of guanidine groups is 1. The maximum atomic E-state index is 11.2. The van der Waals surface area contributed by atoms with Gasteiger partial charge in [0.2, 0.25) is 5.91 Å². The van der Waals surface area contributed by atoms with Gasteiger partial charge < -0.3 is 16.4 Å². The van der Waals surface area contributed by atoms with E-state index in [2.05, 4.69) is 20.6 Å². The van der Waals surface area contributed by atoms with Crippen LogP contribution in [-0.4, -0.2) is 29.4 Å². The second-order valence-corrected chi connectivity index (χ2v) is 6.06. The number of pyridine rings is 1. The predicted octanol–water partition coefficient (Wildman–Crippen LogP) is 2.21. The molecular formula is C17H27N5O. The van der Waals surface area contributed by atoms with Crippen molar-refractivity contribution in [3.8, 4) is 0 Å². The van der Waals surface area contributed by atoms with Gasteiger partial charge in [-0.15, -0.1) is 0 Å². The Morgan fingerprint density at radius 2 is 2.17 bits per heavy atom. The van der Waals surface area contributed by atoms with Gasteiger partial charge >= 0.3 is 0 Å². The first-order valence-electron chi connectivity index (χ1n) is 8.42. The number of aryl methyl sites for hydroxylation is 1. The Morgan fingerprint density at radius 3 is 2.91 bits per heavy atom. The molecule has 2 rings (SSSR count). The van der Waals surface area contributed by atoms with Gasteiger partial charge in [-0.3, -0.25) is 14.8 Å². The van der Waals surface area contributed by atoms with Crippen LogP contribution in [0.4, 0.5) is 5.69 Å². The monoisotopic (exact) mass is 317 g/mol. The molecule has 1 aromatic heterocycles. The molecule has 6 heteroatoms. The number of aliphatic imine (C=N–C) groups is 1. The van der Waals surface area contributed by atoms with E-state index < -0.39 is 0 Å². The normalized spacial score (nSPS) is 16.1. The summed E-state index contributed by atoms with van der Waals surface area (Å²) in [5.41, 5.74) is 7.80. The topological polar surface area (TPSA) is 92.4 Å². The molecule has 4 N–H and O–H groups in total. The fourth-order valence-electron chi connectivity index (χ4n) is 2.91. The van der Waals surface area contributed by atoms with E-state index in [1.54, 1.807) is 12.4 Å². The molecule has 0 unspecified atom stereocenters. The smallest absolute Gasteiger partial charge is 0.221 e. The number of carbonyl (C=O) groups excluding carboxylic acids is 1. The van der Waals surface area contributed by atoms with Crippen LogP contribution in [0.1, 0.15) is 51.0 Å². The summed E-state index contributed by atoms with van der Waals surface area (Å²) in [5.74, 6) is 0.465. The Balaban J connectivity index is 1.76. The van der Waals surface area contributed by atoms with Crippen LogP contribution < -0.4 is 16.4 Å². The number of hydrogen-bond acceptors (Lipinski definition) is 3. The summed E-state index contributed by atoms with van der Waals surface area (Å²) in [6.07, 6.45) is 11.4. The van der Waals surface area contributed by atoms with Gasteiger partial charge in [0.25, 0.3) is 0 Å². The molecule has 0 aliphatic heterocycles. The highest BCUT2D eigenvalue weighted by atomic mass is 16.1. The third kappa shape index (κ3) is 6.26. The summed E-state index contributed by atoms with van der Waals surface area (Å²) >= 11 is 0. The molecule has 0 saturated heterocycles. The lowest BCUT2D eigenvalue weighted by molar-refractivity contribution is -0.114. The van der Waals surface area contributed by atoms with E-state index in [0.29, 0.717) is 18.5 Å².